The van der Waals surface area contributed by atoms with Crippen LogP contribution in [0.1, 0.15) is 12.8 Å². The maximum Gasteiger partial charge on any atom is 0.226 e. The second-order valence-corrected chi connectivity index (χ2v) is 3.88. The molecule has 5 heteroatoms. The summed E-state index contributed by atoms with van der Waals surface area (Å²) in [6, 6.07) is 4.11. The van der Waals surface area contributed by atoms with Crippen molar-refractivity contribution in [2.75, 3.05) is 18.5 Å². The third-order valence-electron chi connectivity index (χ3n) is 2.24. The zero-order valence-electron chi connectivity index (χ0n) is 9.04. The monoisotopic (exact) mass is 244 g/mol. The van der Waals surface area contributed by atoms with Crippen molar-refractivity contribution in [3.05, 3.63) is 29.0 Å². The predicted octanol–water partition coefficient (Wildman–Crippen LogP) is 2.18. The lowest BCUT2D eigenvalue weighted by Crippen LogP contribution is -2.27. The number of halogens is 2. The average Bonchev–Trinajstić information content (AvgIpc) is 2.28. The molecular formula is C11H14ClFN2O. The Labute approximate surface area is 99.0 Å². The Morgan fingerprint density at radius 3 is 2.88 bits per heavy atom. The van der Waals surface area contributed by atoms with E-state index < -0.39 is 5.82 Å². The van der Waals surface area contributed by atoms with Crippen molar-refractivity contribution in [3.63, 3.8) is 0 Å². The van der Waals surface area contributed by atoms with Crippen LogP contribution in [-0.4, -0.2) is 19.5 Å². The van der Waals surface area contributed by atoms with Crippen molar-refractivity contribution in [1.82, 2.24) is 0 Å². The minimum Gasteiger partial charge on any atom is -0.330 e. The second kappa shape index (κ2) is 5.82. The Balaban J connectivity index is 2.82. The van der Waals surface area contributed by atoms with Crippen LogP contribution in [0.15, 0.2) is 18.2 Å². The molecule has 3 nitrogen and oxygen atoms in total. The number of anilines is 1. The van der Waals surface area contributed by atoms with Crippen molar-refractivity contribution in [2.24, 2.45) is 5.73 Å². The number of rotatable bonds is 4. The maximum absolute atomic E-state index is 13.4. The number of carbonyl (C=O) groups excluding carboxylic acids is 1. The zero-order valence-corrected chi connectivity index (χ0v) is 9.80. The third kappa shape index (κ3) is 3.18. The smallest absolute Gasteiger partial charge is 0.226 e. The largest absolute Gasteiger partial charge is 0.330 e. The molecule has 0 saturated carbocycles. The van der Waals surface area contributed by atoms with E-state index in [0.717, 1.165) is 0 Å². The standard InChI is InChI=1S/C11H14ClFN2O/c1-15(11(16)3-2-6-14)10-7-8(12)4-5-9(10)13/h4-5,7H,2-3,6,14H2,1H3. The van der Waals surface area contributed by atoms with Crippen molar-refractivity contribution in [3.8, 4) is 0 Å². The van der Waals surface area contributed by atoms with Gasteiger partial charge in [-0.05, 0) is 31.2 Å². The molecule has 16 heavy (non-hydrogen) atoms. The summed E-state index contributed by atoms with van der Waals surface area (Å²) >= 11 is 5.75. The highest BCUT2D eigenvalue weighted by atomic mass is 35.5. The van der Waals surface area contributed by atoms with Gasteiger partial charge in [0.2, 0.25) is 5.91 Å². The summed E-state index contributed by atoms with van der Waals surface area (Å²) < 4.78 is 13.4. The van der Waals surface area contributed by atoms with Gasteiger partial charge in [0.15, 0.2) is 0 Å². The Bertz CT molecular complexity index is 384. The fourth-order valence-electron chi connectivity index (χ4n) is 1.30. The van der Waals surface area contributed by atoms with Gasteiger partial charge < -0.3 is 10.6 Å². The molecule has 0 saturated heterocycles. The molecule has 0 fully saturated rings. The fraction of sp³-hybridized carbons (Fsp3) is 0.364. The molecule has 1 aromatic rings. The number of nitrogens with two attached hydrogens (primary N) is 1. The van der Waals surface area contributed by atoms with Gasteiger partial charge >= 0.3 is 0 Å². The lowest BCUT2D eigenvalue weighted by Gasteiger charge is -2.18. The normalized spacial score (nSPS) is 10.2. The molecule has 0 aliphatic rings. The molecule has 1 aromatic carbocycles. The first-order chi connectivity index (χ1) is 7.56. The first kappa shape index (κ1) is 12.9. The van der Waals surface area contributed by atoms with Crippen LogP contribution >= 0.6 is 11.6 Å². The van der Waals surface area contributed by atoms with E-state index in [2.05, 4.69) is 0 Å². The summed E-state index contributed by atoms with van der Waals surface area (Å²) in [5, 5.41) is 0.398. The first-order valence-corrected chi connectivity index (χ1v) is 5.35. The summed E-state index contributed by atoms with van der Waals surface area (Å²) in [7, 11) is 1.52. The quantitative estimate of drug-likeness (QED) is 0.883. The van der Waals surface area contributed by atoms with Gasteiger partial charge in [-0.25, -0.2) is 4.39 Å². The van der Waals surface area contributed by atoms with E-state index in [4.69, 9.17) is 17.3 Å². The SMILES string of the molecule is CN(C(=O)CCCN)c1cc(Cl)ccc1F. The van der Waals surface area contributed by atoms with E-state index in [0.29, 0.717) is 24.4 Å². The van der Waals surface area contributed by atoms with Crippen LogP contribution in [0.2, 0.25) is 5.02 Å². The van der Waals surface area contributed by atoms with Gasteiger partial charge in [0.25, 0.3) is 0 Å². The molecule has 1 rings (SSSR count). The topological polar surface area (TPSA) is 46.3 Å². The van der Waals surface area contributed by atoms with Gasteiger partial charge in [0.1, 0.15) is 5.82 Å². The molecule has 0 heterocycles. The summed E-state index contributed by atoms with van der Waals surface area (Å²) in [4.78, 5) is 12.9. The van der Waals surface area contributed by atoms with E-state index in [1.54, 1.807) is 0 Å². The van der Waals surface area contributed by atoms with E-state index in [9.17, 15) is 9.18 Å². The lowest BCUT2D eigenvalue weighted by molar-refractivity contribution is -0.118. The Kier molecular flexibility index (Phi) is 4.71. The highest BCUT2D eigenvalue weighted by molar-refractivity contribution is 6.30. The van der Waals surface area contributed by atoms with E-state index in [1.165, 1.54) is 30.1 Å². The highest BCUT2D eigenvalue weighted by Crippen LogP contribution is 2.23. The first-order valence-electron chi connectivity index (χ1n) is 4.98. The Hall–Kier alpha value is -1.13. The molecular weight excluding hydrogens is 231 g/mol. The van der Waals surface area contributed by atoms with Crippen molar-refractivity contribution in [2.45, 2.75) is 12.8 Å². The zero-order chi connectivity index (χ0) is 12.1. The predicted molar refractivity (Wildman–Crippen MR) is 63.1 cm³/mol. The van der Waals surface area contributed by atoms with Gasteiger partial charge in [0, 0.05) is 18.5 Å². The van der Waals surface area contributed by atoms with Gasteiger partial charge in [-0.1, -0.05) is 11.6 Å². The Morgan fingerprint density at radius 1 is 1.56 bits per heavy atom. The molecule has 0 aliphatic carbocycles. The van der Waals surface area contributed by atoms with Gasteiger partial charge in [-0.2, -0.15) is 0 Å². The summed E-state index contributed by atoms with van der Waals surface area (Å²) in [6.07, 6.45) is 0.893. The maximum atomic E-state index is 13.4. The molecule has 0 unspecified atom stereocenters. The van der Waals surface area contributed by atoms with Crippen LogP contribution in [0, 0.1) is 5.82 Å². The summed E-state index contributed by atoms with van der Waals surface area (Å²) in [6.45, 7) is 0.442. The number of hydrogen-bond donors (Lipinski definition) is 1. The van der Waals surface area contributed by atoms with Crippen molar-refractivity contribution >= 4 is 23.2 Å². The second-order valence-electron chi connectivity index (χ2n) is 3.44. The fourth-order valence-corrected chi connectivity index (χ4v) is 1.46. The molecule has 0 aromatic heterocycles. The van der Waals surface area contributed by atoms with E-state index in [-0.39, 0.29) is 11.6 Å². The van der Waals surface area contributed by atoms with Gasteiger partial charge in [0.05, 0.1) is 5.69 Å². The molecule has 0 radical (unpaired) electrons. The van der Waals surface area contributed by atoms with Crippen LogP contribution in [-0.2, 0) is 4.79 Å². The van der Waals surface area contributed by atoms with Gasteiger partial charge in [-0.15, -0.1) is 0 Å². The number of hydrogen-bond acceptors (Lipinski definition) is 2. The number of benzene rings is 1. The lowest BCUT2D eigenvalue weighted by atomic mass is 10.2. The molecule has 2 N–H and O–H groups in total. The van der Waals surface area contributed by atoms with E-state index in [1.807, 2.05) is 0 Å². The number of amides is 1. The van der Waals surface area contributed by atoms with Crippen molar-refractivity contribution < 1.29 is 9.18 Å². The number of carbonyl (C=O) groups is 1. The molecule has 88 valence electrons. The van der Waals surface area contributed by atoms with Crippen LogP contribution in [0.3, 0.4) is 0 Å². The highest BCUT2D eigenvalue weighted by Gasteiger charge is 2.14. The molecule has 1 amide bonds. The minimum absolute atomic E-state index is 0.174. The molecule has 0 atom stereocenters. The molecule has 0 spiro atoms. The van der Waals surface area contributed by atoms with Crippen LogP contribution in [0.5, 0.6) is 0 Å². The van der Waals surface area contributed by atoms with Gasteiger partial charge in [-0.3, -0.25) is 4.79 Å². The minimum atomic E-state index is -0.465. The Morgan fingerprint density at radius 2 is 2.25 bits per heavy atom. The van der Waals surface area contributed by atoms with Crippen LogP contribution in [0.4, 0.5) is 10.1 Å². The number of nitrogens with zero attached hydrogens (tertiary/aromatic N) is 1. The average molecular weight is 245 g/mol. The summed E-state index contributed by atoms with van der Waals surface area (Å²) in [5.41, 5.74) is 5.49. The third-order valence-corrected chi connectivity index (χ3v) is 2.47. The molecule has 0 bridgehead atoms. The van der Waals surface area contributed by atoms with Crippen LogP contribution < -0.4 is 10.6 Å². The van der Waals surface area contributed by atoms with Crippen molar-refractivity contribution in [1.29, 1.82) is 0 Å². The van der Waals surface area contributed by atoms with E-state index >= 15 is 0 Å². The summed E-state index contributed by atoms with van der Waals surface area (Å²) in [5.74, 6) is -0.639. The molecule has 0 aliphatic heterocycles. The van der Waals surface area contributed by atoms with Crippen LogP contribution in [0.25, 0.3) is 0 Å².